The highest BCUT2D eigenvalue weighted by Crippen LogP contribution is 2.30. The predicted molar refractivity (Wildman–Crippen MR) is 58.0 cm³/mol. The van der Waals surface area contributed by atoms with E-state index in [-0.39, 0.29) is 18.6 Å². The van der Waals surface area contributed by atoms with Crippen LogP contribution in [0.1, 0.15) is 26.2 Å². The highest BCUT2D eigenvalue weighted by atomic mass is 19.4. The maximum absolute atomic E-state index is 12.6. The van der Waals surface area contributed by atoms with Crippen molar-refractivity contribution in [3.05, 3.63) is 0 Å². The fraction of sp³-hybridized carbons (Fsp3) is 0.909. The highest BCUT2D eigenvalue weighted by Gasteiger charge is 2.42. The summed E-state index contributed by atoms with van der Waals surface area (Å²) < 4.78 is 37.7. The molecule has 0 aromatic heterocycles. The van der Waals surface area contributed by atoms with Gasteiger partial charge in [0.15, 0.2) is 5.92 Å². The number of nitrogens with zero attached hydrogens (tertiary/aromatic N) is 2. The molecule has 0 saturated carbocycles. The van der Waals surface area contributed by atoms with Crippen LogP contribution in [0.2, 0.25) is 0 Å². The van der Waals surface area contributed by atoms with E-state index >= 15 is 0 Å². The summed E-state index contributed by atoms with van der Waals surface area (Å²) in [5.41, 5.74) is 5.58. The minimum Gasteiger partial charge on any atom is -0.329 e. The standard InChI is InChI=1S/C11H18F3N3/c1-8-3-2-4-10(6-16)17(8)7-9(5-15)11(12,13)14/h8-10H,2-4,6-7,16H2,1H3. The van der Waals surface area contributed by atoms with Crippen molar-refractivity contribution in [2.45, 2.75) is 44.4 Å². The second-order valence-corrected chi connectivity index (χ2v) is 4.59. The van der Waals surface area contributed by atoms with E-state index in [1.54, 1.807) is 4.90 Å². The van der Waals surface area contributed by atoms with E-state index in [0.29, 0.717) is 6.54 Å². The van der Waals surface area contributed by atoms with Crippen LogP contribution in [0.5, 0.6) is 0 Å². The van der Waals surface area contributed by atoms with Crippen LogP contribution in [0.3, 0.4) is 0 Å². The molecule has 0 spiro atoms. The van der Waals surface area contributed by atoms with Crippen LogP contribution >= 0.6 is 0 Å². The van der Waals surface area contributed by atoms with Crippen LogP contribution < -0.4 is 5.73 Å². The molecule has 0 radical (unpaired) electrons. The van der Waals surface area contributed by atoms with E-state index in [4.69, 9.17) is 11.0 Å². The summed E-state index contributed by atoms with van der Waals surface area (Å²) in [5, 5.41) is 8.61. The molecule has 6 heteroatoms. The van der Waals surface area contributed by atoms with Crippen molar-refractivity contribution in [2.24, 2.45) is 11.7 Å². The molecule has 1 fully saturated rings. The summed E-state index contributed by atoms with van der Waals surface area (Å²) in [6.07, 6.45) is -1.78. The lowest BCUT2D eigenvalue weighted by Gasteiger charge is -2.41. The van der Waals surface area contributed by atoms with Crippen molar-refractivity contribution in [1.82, 2.24) is 4.90 Å². The quantitative estimate of drug-likeness (QED) is 0.831. The summed E-state index contributed by atoms with van der Waals surface area (Å²) in [6, 6.07) is 1.38. The van der Waals surface area contributed by atoms with Gasteiger partial charge in [0, 0.05) is 25.2 Å². The molecule has 3 atom stereocenters. The second-order valence-electron chi connectivity index (χ2n) is 4.59. The Balaban J connectivity index is 2.72. The Kier molecular flexibility index (Phi) is 4.78. The van der Waals surface area contributed by atoms with E-state index in [9.17, 15) is 13.2 Å². The van der Waals surface area contributed by atoms with Gasteiger partial charge in [-0.15, -0.1) is 0 Å². The third-order valence-electron chi connectivity index (χ3n) is 3.41. The zero-order valence-electron chi connectivity index (χ0n) is 9.87. The lowest BCUT2D eigenvalue weighted by molar-refractivity contribution is -0.166. The first-order valence-electron chi connectivity index (χ1n) is 5.82. The third-order valence-corrected chi connectivity index (χ3v) is 3.41. The molecular weight excluding hydrogens is 231 g/mol. The molecule has 0 aromatic carbocycles. The average Bonchev–Trinajstić information content (AvgIpc) is 2.25. The van der Waals surface area contributed by atoms with Crippen LogP contribution in [-0.2, 0) is 0 Å². The van der Waals surface area contributed by atoms with Gasteiger partial charge in [-0.3, -0.25) is 4.90 Å². The Morgan fingerprint density at radius 1 is 1.47 bits per heavy atom. The normalized spacial score (nSPS) is 28.7. The maximum atomic E-state index is 12.6. The summed E-state index contributed by atoms with van der Waals surface area (Å²) in [7, 11) is 0. The molecule has 1 aliphatic heterocycles. The molecule has 0 amide bonds. The molecule has 17 heavy (non-hydrogen) atoms. The van der Waals surface area contributed by atoms with Crippen LogP contribution in [-0.4, -0.2) is 36.2 Å². The Labute approximate surface area is 99.4 Å². The summed E-state index contributed by atoms with van der Waals surface area (Å²) >= 11 is 0. The molecule has 0 aromatic rings. The summed E-state index contributed by atoms with van der Waals surface area (Å²) in [4.78, 5) is 1.74. The zero-order chi connectivity index (χ0) is 13.1. The molecule has 1 rings (SSSR count). The summed E-state index contributed by atoms with van der Waals surface area (Å²) in [6.45, 7) is 1.98. The molecule has 0 aliphatic carbocycles. The first-order valence-corrected chi connectivity index (χ1v) is 5.82. The fourth-order valence-corrected chi connectivity index (χ4v) is 2.35. The van der Waals surface area contributed by atoms with Gasteiger partial charge in [0.05, 0.1) is 6.07 Å². The Hall–Kier alpha value is -0.800. The predicted octanol–water partition coefficient (Wildman–Crippen LogP) is 1.89. The molecule has 98 valence electrons. The Bertz CT molecular complexity index is 285. The number of alkyl halides is 3. The molecule has 1 aliphatic rings. The van der Waals surface area contributed by atoms with Gasteiger partial charge in [-0.25, -0.2) is 0 Å². The van der Waals surface area contributed by atoms with E-state index in [1.165, 1.54) is 6.07 Å². The first-order chi connectivity index (χ1) is 7.90. The van der Waals surface area contributed by atoms with Crippen molar-refractivity contribution in [2.75, 3.05) is 13.1 Å². The van der Waals surface area contributed by atoms with Crippen molar-refractivity contribution < 1.29 is 13.2 Å². The first kappa shape index (κ1) is 14.3. The summed E-state index contributed by atoms with van der Waals surface area (Å²) in [5.74, 6) is -1.92. The minimum atomic E-state index is -4.45. The monoisotopic (exact) mass is 249 g/mol. The van der Waals surface area contributed by atoms with Crippen LogP contribution in [0.15, 0.2) is 0 Å². The highest BCUT2D eigenvalue weighted by molar-refractivity contribution is 4.94. The maximum Gasteiger partial charge on any atom is 0.405 e. The van der Waals surface area contributed by atoms with E-state index < -0.39 is 12.1 Å². The molecular formula is C11H18F3N3. The fourth-order valence-electron chi connectivity index (χ4n) is 2.35. The number of halogens is 3. The van der Waals surface area contributed by atoms with E-state index in [1.807, 2.05) is 6.92 Å². The second kappa shape index (κ2) is 5.69. The molecule has 1 saturated heterocycles. The number of piperidine rings is 1. The van der Waals surface area contributed by atoms with Gasteiger partial charge >= 0.3 is 6.18 Å². The van der Waals surface area contributed by atoms with Crippen molar-refractivity contribution >= 4 is 0 Å². The largest absolute Gasteiger partial charge is 0.405 e. The number of nitriles is 1. The number of nitrogens with two attached hydrogens (primary N) is 1. The molecule has 3 unspecified atom stereocenters. The van der Waals surface area contributed by atoms with Crippen LogP contribution in [0.25, 0.3) is 0 Å². The van der Waals surface area contributed by atoms with Gasteiger partial charge in [0.2, 0.25) is 0 Å². The molecule has 1 heterocycles. The van der Waals surface area contributed by atoms with Crippen LogP contribution in [0.4, 0.5) is 13.2 Å². The topological polar surface area (TPSA) is 53.0 Å². The van der Waals surface area contributed by atoms with Crippen molar-refractivity contribution in [1.29, 1.82) is 5.26 Å². The molecule has 0 bridgehead atoms. The van der Waals surface area contributed by atoms with Gasteiger partial charge in [-0.2, -0.15) is 18.4 Å². The smallest absolute Gasteiger partial charge is 0.329 e. The van der Waals surface area contributed by atoms with Gasteiger partial charge in [-0.05, 0) is 19.8 Å². The minimum absolute atomic E-state index is 0.0306. The Morgan fingerprint density at radius 3 is 2.59 bits per heavy atom. The van der Waals surface area contributed by atoms with Gasteiger partial charge in [0.1, 0.15) is 0 Å². The molecule has 2 N–H and O–H groups in total. The third kappa shape index (κ3) is 3.58. The lowest BCUT2D eigenvalue weighted by Crippen LogP contribution is -2.52. The average molecular weight is 249 g/mol. The van der Waals surface area contributed by atoms with E-state index in [2.05, 4.69) is 0 Å². The number of hydrogen-bond acceptors (Lipinski definition) is 3. The van der Waals surface area contributed by atoms with Crippen LogP contribution in [0, 0.1) is 17.2 Å². The van der Waals surface area contributed by atoms with Gasteiger partial charge in [-0.1, -0.05) is 6.42 Å². The van der Waals surface area contributed by atoms with Crippen molar-refractivity contribution in [3.63, 3.8) is 0 Å². The van der Waals surface area contributed by atoms with Gasteiger partial charge < -0.3 is 5.73 Å². The number of rotatable bonds is 3. The molecule has 3 nitrogen and oxygen atoms in total. The van der Waals surface area contributed by atoms with Gasteiger partial charge in [0.25, 0.3) is 0 Å². The number of hydrogen-bond donors (Lipinski definition) is 1. The van der Waals surface area contributed by atoms with E-state index in [0.717, 1.165) is 19.3 Å². The zero-order valence-corrected chi connectivity index (χ0v) is 9.87. The number of likely N-dealkylation sites (tertiary alicyclic amines) is 1. The lowest BCUT2D eigenvalue weighted by atomic mass is 9.94. The van der Waals surface area contributed by atoms with Crippen molar-refractivity contribution in [3.8, 4) is 6.07 Å². The Morgan fingerprint density at radius 2 is 2.12 bits per heavy atom. The SMILES string of the molecule is CC1CCCC(CN)N1CC(C#N)C(F)(F)F.